The normalized spacial score (nSPS) is 27.1. The van der Waals surface area contributed by atoms with E-state index >= 15 is 0 Å². The molecule has 1 rings (SSSR count). The summed E-state index contributed by atoms with van der Waals surface area (Å²) in [6.45, 7) is 6.29. The predicted molar refractivity (Wildman–Crippen MR) is 57.3 cm³/mol. The molecule has 0 radical (unpaired) electrons. The summed E-state index contributed by atoms with van der Waals surface area (Å²) in [5, 5.41) is 0. The van der Waals surface area contributed by atoms with Crippen LogP contribution in [0.1, 0.15) is 52.9 Å². The second kappa shape index (κ2) is 5.50. The van der Waals surface area contributed by atoms with Gasteiger partial charge in [0.1, 0.15) is 5.78 Å². The molecule has 0 saturated carbocycles. The molecule has 2 atom stereocenters. The van der Waals surface area contributed by atoms with Gasteiger partial charge >= 0.3 is 0 Å². The van der Waals surface area contributed by atoms with Gasteiger partial charge in [-0.1, -0.05) is 13.8 Å². The SMILES string of the molecule is CC(C)CC(=O)CCC1CCC(C)O1. The lowest BCUT2D eigenvalue weighted by atomic mass is 10.0. The summed E-state index contributed by atoms with van der Waals surface area (Å²) < 4.78 is 5.66. The standard InChI is InChI=1S/C12H22O2/c1-9(2)8-11(13)5-7-12-6-4-10(3)14-12/h9-10,12H,4-8H2,1-3H3. The van der Waals surface area contributed by atoms with Gasteiger partial charge in [-0.3, -0.25) is 4.79 Å². The smallest absolute Gasteiger partial charge is 0.133 e. The van der Waals surface area contributed by atoms with E-state index in [0.29, 0.717) is 30.3 Å². The number of hydrogen-bond donors (Lipinski definition) is 0. The molecule has 0 aromatic heterocycles. The number of carbonyl (C=O) groups is 1. The Kier molecular flexibility index (Phi) is 4.59. The third kappa shape index (κ3) is 4.23. The van der Waals surface area contributed by atoms with Crippen molar-refractivity contribution in [2.45, 2.75) is 65.1 Å². The zero-order chi connectivity index (χ0) is 10.6. The molecule has 2 heteroatoms. The van der Waals surface area contributed by atoms with Crippen molar-refractivity contribution in [3.05, 3.63) is 0 Å². The minimum absolute atomic E-state index is 0.348. The maximum absolute atomic E-state index is 11.4. The predicted octanol–water partition coefficient (Wildman–Crippen LogP) is 2.95. The molecule has 82 valence electrons. The van der Waals surface area contributed by atoms with E-state index in [0.717, 1.165) is 25.7 Å². The highest BCUT2D eigenvalue weighted by Crippen LogP contribution is 2.23. The maximum Gasteiger partial charge on any atom is 0.133 e. The molecular formula is C12H22O2. The van der Waals surface area contributed by atoms with E-state index in [2.05, 4.69) is 20.8 Å². The van der Waals surface area contributed by atoms with E-state index in [4.69, 9.17) is 4.74 Å². The quantitative estimate of drug-likeness (QED) is 0.679. The van der Waals surface area contributed by atoms with Crippen molar-refractivity contribution in [3.63, 3.8) is 0 Å². The first-order valence-electron chi connectivity index (χ1n) is 5.75. The largest absolute Gasteiger partial charge is 0.375 e. The van der Waals surface area contributed by atoms with Crippen LogP contribution < -0.4 is 0 Å². The first-order valence-corrected chi connectivity index (χ1v) is 5.75. The van der Waals surface area contributed by atoms with Crippen LogP contribution in [0, 0.1) is 5.92 Å². The number of ether oxygens (including phenoxy) is 1. The van der Waals surface area contributed by atoms with Gasteiger partial charge in [-0.05, 0) is 32.1 Å². The fraction of sp³-hybridized carbons (Fsp3) is 0.917. The highest BCUT2D eigenvalue weighted by atomic mass is 16.5. The Hall–Kier alpha value is -0.370. The number of Topliss-reactive ketones (excluding diaryl/α,β-unsaturated/α-hetero) is 1. The van der Waals surface area contributed by atoms with Crippen LogP contribution in [0.4, 0.5) is 0 Å². The number of hydrogen-bond acceptors (Lipinski definition) is 2. The van der Waals surface area contributed by atoms with Crippen molar-refractivity contribution < 1.29 is 9.53 Å². The molecule has 0 N–H and O–H groups in total. The average molecular weight is 198 g/mol. The average Bonchev–Trinajstić information content (AvgIpc) is 2.47. The third-order valence-electron chi connectivity index (χ3n) is 2.70. The second-order valence-corrected chi connectivity index (χ2v) is 4.82. The molecule has 1 aliphatic rings. The van der Waals surface area contributed by atoms with Crippen LogP contribution in [0.2, 0.25) is 0 Å². The Morgan fingerprint density at radius 1 is 1.43 bits per heavy atom. The number of ketones is 1. The molecule has 1 fully saturated rings. The summed E-state index contributed by atoms with van der Waals surface area (Å²) in [6, 6.07) is 0. The molecule has 1 heterocycles. The van der Waals surface area contributed by atoms with Crippen LogP contribution in [0.5, 0.6) is 0 Å². The minimum atomic E-state index is 0.348. The first kappa shape index (κ1) is 11.7. The Labute approximate surface area is 87.0 Å². The van der Waals surface area contributed by atoms with E-state index in [1.54, 1.807) is 0 Å². The van der Waals surface area contributed by atoms with Gasteiger partial charge in [-0.25, -0.2) is 0 Å². The summed E-state index contributed by atoms with van der Waals surface area (Å²) in [4.78, 5) is 11.4. The summed E-state index contributed by atoms with van der Waals surface area (Å²) in [6.07, 6.45) is 5.40. The molecule has 0 amide bonds. The van der Waals surface area contributed by atoms with Gasteiger partial charge < -0.3 is 4.74 Å². The molecule has 0 aromatic rings. The Bertz CT molecular complexity index is 187. The van der Waals surface area contributed by atoms with E-state index in [1.165, 1.54) is 0 Å². The molecule has 0 bridgehead atoms. The van der Waals surface area contributed by atoms with Crippen LogP contribution in [0.15, 0.2) is 0 Å². The van der Waals surface area contributed by atoms with Crippen molar-refractivity contribution in [2.75, 3.05) is 0 Å². The Morgan fingerprint density at radius 2 is 2.14 bits per heavy atom. The topological polar surface area (TPSA) is 26.3 Å². The van der Waals surface area contributed by atoms with E-state index in [1.807, 2.05) is 0 Å². The fourth-order valence-electron chi connectivity index (χ4n) is 1.98. The van der Waals surface area contributed by atoms with Gasteiger partial charge in [0.15, 0.2) is 0 Å². The van der Waals surface area contributed by atoms with Crippen LogP contribution in [-0.2, 0) is 9.53 Å². The highest BCUT2D eigenvalue weighted by molar-refractivity contribution is 5.78. The first-order chi connectivity index (χ1) is 6.58. The summed E-state index contributed by atoms with van der Waals surface area (Å²) in [5.74, 6) is 0.883. The third-order valence-corrected chi connectivity index (χ3v) is 2.70. The molecular weight excluding hydrogens is 176 g/mol. The van der Waals surface area contributed by atoms with Gasteiger partial charge in [0.25, 0.3) is 0 Å². The zero-order valence-electron chi connectivity index (χ0n) is 9.58. The van der Waals surface area contributed by atoms with Crippen molar-refractivity contribution in [1.29, 1.82) is 0 Å². The van der Waals surface area contributed by atoms with Gasteiger partial charge in [0.05, 0.1) is 12.2 Å². The second-order valence-electron chi connectivity index (χ2n) is 4.82. The molecule has 0 spiro atoms. The van der Waals surface area contributed by atoms with Gasteiger partial charge in [0, 0.05) is 12.8 Å². The highest BCUT2D eigenvalue weighted by Gasteiger charge is 2.22. The Balaban J connectivity index is 2.11. The van der Waals surface area contributed by atoms with Crippen molar-refractivity contribution >= 4 is 5.78 Å². The summed E-state index contributed by atoms with van der Waals surface area (Å²) >= 11 is 0. The van der Waals surface area contributed by atoms with Crippen molar-refractivity contribution in [2.24, 2.45) is 5.92 Å². The van der Waals surface area contributed by atoms with Crippen LogP contribution in [0.3, 0.4) is 0 Å². The molecule has 2 unspecified atom stereocenters. The molecule has 1 aliphatic heterocycles. The summed E-state index contributed by atoms with van der Waals surface area (Å²) in [7, 11) is 0. The van der Waals surface area contributed by atoms with Gasteiger partial charge in [-0.2, -0.15) is 0 Å². The Morgan fingerprint density at radius 3 is 2.64 bits per heavy atom. The summed E-state index contributed by atoms with van der Waals surface area (Å²) in [5.41, 5.74) is 0. The van der Waals surface area contributed by atoms with Crippen LogP contribution >= 0.6 is 0 Å². The van der Waals surface area contributed by atoms with Crippen molar-refractivity contribution in [1.82, 2.24) is 0 Å². The number of rotatable bonds is 5. The van der Waals surface area contributed by atoms with Crippen molar-refractivity contribution in [3.8, 4) is 0 Å². The monoisotopic (exact) mass is 198 g/mol. The van der Waals surface area contributed by atoms with E-state index < -0.39 is 0 Å². The lowest BCUT2D eigenvalue weighted by Gasteiger charge is -2.10. The molecule has 14 heavy (non-hydrogen) atoms. The lowest BCUT2D eigenvalue weighted by Crippen LogP contribution is -2.11. The fourth-order valence-corrected chi connectivity index (χ4v) is 1.98. The lowest BCUT2D eigenvalue weighted by molar-refractivity contribution is -0.120. The molecule has 0 aromatic carbocycles. The molecule has 1 saturated heterocycles. The van der Waals surface area contributed by atoms with Crippen LogP contribution in [0.25, 0.3) is 0 Å². The molecule has 0 aliphatic carbocycles. The van der Waals surface area contributed by atoms with E-state index in [9.17, 15) is 4.79 Å². The maximum atomic E-state index is 11.4. The minimum Gasteiger partial charge on any atom is -0.375 e. The zero-order valence-corrected chi connectivity index (χ0v) is 9.58. The van der Waals surface area contributed by atoms with E-state index in [-0.39, 0.29) is 0 Å². The van der Waals surface area contributed by atoms with Gasteiger partial charge in [0.2, 0.25) is 0 Å². The number of carbonyl (C=O) groups excluding carboxylic acids is 1. The van der Waals surface area contributed by atoms with Gasteiger partial charge in [-0.15, -0.1) is 0 Å². The van der Waals surface area contributed by atoms with Crippen LogP contribution in [-0.4, -0.2) is 18.0 Å². The molecule has 2 nitrogen and oxygen atoms in total.